The lowest BCUT2D eigenvalue weighted by molar-refractivity contribution is 0.957. The Balaban J connectivity index is 2.07. The van der Waals surface area contributed by atoms with Gasteiger partial charge in [-0.2, -0.15) is 11.8 Å². The van der Waals surface area contributed by atoms with E-state index in [2.05, 4.69) is 42.3 Å². The molecule has 2 heteroatoms. The Morgan fingerprint density at radius 2 is 2.00 bits per heavy atom. The van der Waals surface area contributed by atoms with Crippen LogP contribution in [0.25, 0.3) is 0 Å². The maximum Gasteiger partial charge on any atom is 0.0163 e. The van der Waals surface area contributed by atoms with Crippen molar-refractivity contribution in [3.8, 4) is 0 Å². The molecule has 0 bridgehead atoms. The van der Waals surface area contributed by atoms with Gasteiger partial charge in [-0.25, -0.2) is 0 Å². The van der Waals surface area contributed by atoms with Gasteiger partial charge in [-0.1, -0.05) is 18.2 Å². The fraction of sp³-hybridized carbons (Fsp3) is 0.364. The van der Waals surface area contributed by atoms with Crippen LogP contribution < -0.4 is 0 Å². The molecule has 0 aliphatic rings. The molecule has 0 saturated carbocycles. The molecule has 0 unspecified atom stereocenters. The minimum atomic E-state index is 1.22. The van der Waals surface area contributed by atoms with Crippen molar-refractivity contribution in [1.82, 2.24) is 0 Å². The number of thioether (sulfide) groups is 2. The molecule has 13 heavy (non-hydrogen) atoms. The average Bonchev–Trinajstić information content (AvgIpc) is 2.19. The van der Waals surface area contributed by atoms with Crippen molar-refractivity contribution in [3.63, 3.8) is 0 Å². The third-order valence-electron chi connectivity index (χ3n) is 1.64. The lowest BCUT2D eigenvalue weighted by Gasteiger charge is -2.00. The van der Waals surface area contributed by atoms with Gasteiger partial charge in [0.1, 0.15) is 0 Å². The molecule has 0 amide bonds. The van der Waals surface area contributed by atoms with Crippen LogP contribution >= 0.6 is 23.5 Å². The quantitative estimate of drug-likeness (QED) is 0.513. The molecule has 0 saturated heterocycles. The van der Waals surface area contributed by atoms with Gasteiger partial charge < -0.3 is 0 Å². The molecule has 1 rings (SSSR count). The maximum atomic E-state index is 2.27. The highest BCUT2D eigenvalue weighted by molar-refractivity contribution is 8.00. The molecule has 0 aromatic heterocycles. The number of hydrogen-bond donors (Lipinski definition) is 0. The number of rotatable bonds is 6. The van der Waals surface area contributed by atoms with E-state index in [1.54, 1.807) is 0 Å². The topological polar surface area (TPSA) is 0 Å². The molecule has 0 aliphatic carbocycles. The summed E-state index contributed by atoms with van der Waals surface area (Å²) in [5.74, 6) is 3.49. The summed E-state index contributed by atoms with van der Waals surface area (Å²) in [6.45, 7) is 0. The molecule has 0 atom stereocenters. The van der Waals surface area contributed by atoms with E-state index in [0.717, 1.165) is 0 Å². The van der Waals surface area contributed by atoms with Crippen LogP contribution in [0.4, 0.5) is 0 Å². The SMILES string of the molecule is CS[CH]CCCSc1ccccc1. The average molecular weight is 211 g/mol. The number of benzene rings is 1. The van der Waals surface area contributed by atoms with Gasteiger partial charge in [-0.3, -0.25) is 0 Å². The maximum absolute atomic E-state index is 2.27. The van der Waals surface area contributed by atoms with Crippen LogP contribution in [0, 0.1) is 5.75 Å². The zero-order valence-electron chi connectivity index (χ0n) is 7.90. The van der Waals surface area contributed by atoms with Gasteiger partial charge in [-0.15, -0.1) is 11.8 Å². The van der Waals surface area contributed by atoms with Crippen molar-refractivity contribution < 1.29 is 0 Å². The normalized spacial score (nSPS) is 10.2. The van der Waals surface area contributed by atoms with Gasteiger partial charge in [0.05, 0.1) is 0 Å². The van der Waals surface area contributed by atoms with E-state index < -0.39 is 0 Å². The van der Waals surface area contributed by atoms with E-state index in [1.807, 2.05) is 23.5 Å². The molecule has 1 aromatic rings. The highest BCUT2D eigenvalue weighted by Crippen LogP contribution is 2.19. The number of hydrogen-bond acceptors (Lipinski definition) is 2. The van der Waals surface area contributed by atoms with Crippen molar-refractivity contribution in [2.45, 2.75) is 17.7 Å². The molecule has 0 N–H and O–H groups in total. The molecule has 0 spiro atoms. The van der Waals surface area contributed by atoms with Gasteiger partial charge in [0.25, 0.3) is 0 Å². The van der Waals surface area contributed by atoms with Crippen molar-refractivity contribution in [2.75, 3.05) is 12.0 Å². The second-order valence-electron chi connectivity index (χ2n) is 2.71. The first kappa shape index (κ1) is 11.0. The first-order valence-electron chi connectivity index (χ1n) is 4.46. The molecule has 1 radical (unpaired) electrons. The Hall–Kier alpha value is -0.0800. The third kappa shape index (κ3) is 5.27. The van der Waals surface area contributed by atoms with E-state index in [4.69, 9.17) is 0 Å². The Kier molecular flexibility index (Phi) is 6.21. The molecule has 0 nitrogen and oxygen atoms in total. The fourth-order valence-corrected chi connectivity index (χ4v) is 2.29. The lowest BCUT2D eigenvalue weighted by Crippen LogP contribution is -1.79. The summed E-state index contributed by atoms with van der Waals surface area (Å²) in [6, 6.07) is 10.6. The van der Waals surface area contributed by atoms with Gasteiger partial charge in [0.15, 0.2) is 0 Å². The second-order valence-corrected chi connectivity index (χ2v) is 4.68. The van der Waals surface area contributed by atoms with Gasteiger partial charge in [0.2, 0.25) is 0 Å². The highest BCUT2D eigenvalue weighted by atomic mass is 32.2. The Bertz CT molecular complexity index is 209. The zero-order chi connectivity index (χ0) is 9.36. The van der Waals surface area contributed by atoms with Crippen LogP contribution in [0.3, 0.4) is 0 Å². The molecular formula is C11H15S2. The minimum Gasteiger partial charge on any atom is -0.161 e. The Morgan fingerprint density at radius 1 is 1.23 bits per heavy atom. The first-order valence-corrected chi connectivity index (χ1v) is 6.73. The molecule has 1 aromatic carbocycles. The summed E-state index contributed by atoms with van der Waals surface area (Å²) in [5, 5.41) is 0. The Labute approximate surface area is 89.5 Å². The predicted octanol–water partition coefficient (Wildman–Crippen LogP) is 4.08. The van der Waals surface area contributed by atoms with E-state index in [0.29, 0.717) is 0 Å². The van der Waals surface area contributed by atoms with Crippen LogP contribution in [-0.4, -0.2) is 12.0 Å². The van der Waals surface area contributed by atoms with Crippen LogP contribution in [-0.2, 0) is 0 Å². The van der Waals surface area contributed by atoms with Crippen LogP contribution in [0.5, 0.6) is 0 Å². The summed E-state index contributed by atoms with van der Waals surface area (Å²) in [5.41, 5.74) is 0. The fourth-order valence-electron chi connectivity index (χ4n) is 0.991. The standard InChI is InChI=1S/C11H15S2/c1-12-9-5-6-10-13-11-7-3-2-4-8-11/h2-4,7-9H,5-6,10H2,1H3. The molecule has 0 aliphatic heterocycles. The van der Waals surface area contributed by atoms with Crippen molar-refractivity contribution in [3.05, 3.63) is 36.1 Å². The van der Waals surface area contributed by atoms with E-state index >= 15 is 0 Å². The molecular weight excluding hydrogens is 196 g/mol. The van der Waals surface area contributed by atoms with Crippen molar-refractivity contribution in [2.24, 2.45) is 0 Å². The smallest absolute Gasteiger partial charge is 0.0163 e. The van der Waals surface area contributed by atoms with Crippen molar-refractivity contribution >= 4 is 23.5 Å². The summed E-state index contributed by atoms with van der Waals surface area (Å²) in [6.07, 6.45) is 4.62. The zero-order valence-corrected chi connectivity index (χ0v) is 9.53. The monoisotopic (exact) mass is 211 g/mol. The Morgan fingerprint density at radius 3 is 2.69 bits per heavy atom. The summed E-state index contributed by atoms with van der Waals surface area (Å²) in [4.78, 5) is 1.38. The second kappa shape index (κ2) is 7.34. The molecule has 0 fully saturated rings. The van der Waals surface area contributed by atoms with Gasteiger partial charge >= 0.3 is 0 Å². The number of unbranched alkanes of at least 4 members (excludes halogenated alkanes) is 1. The van der Waals surface area contributed by atoms with E-state index in [-0.39, 0.29) is 0 Å². The largest absolute Gasteiger partial charge is 0.161 e. The van der Waals surface area contributed by atoms with E-state index in [1.165, 1.54) is 23.5 Å². The third-order valence-corrected chi connectivity index (χ3v) is 3.31. The van der Waals surface area contributed by atoms with Gasteiger partial charge in [-0.05, 0) is 37.0 Å². The van der Waals surface area contributed by atoms with Crippen molar-refractivity contribution in [1.29, 1.82) is 0 Å². The van der Waals surface area contributed by atoms with Gasteiger partial charge in [0, 0.05) is 10.6 Å². The molecule has 71 valence electrons. The summed E-state index contributed by atoms with van der Waals surface area (Å²) < 4.78 is 0. The molecule has 0 heterocycles. The van der Waals surface area contributed by atoms with Crippen LogP contribution in [0.15, 0.2) is 35.2 Å². The van der Waals surface area contributed by atoms with E-state index in [9.17, 15) is 0 Å². The van der Waals surface area contributed by atoms with Crippen LogP contribution in [0.2, 0.25) is 0 Å². The highest BCUT2D eigenvalue weighted by Gasteiger charge is 1.92. The summed E-state index contributed by atoms with van der Waals surface area (Å²) >= 11 is 3.76. The predicted molar refractivity (Wildman–Crippen MR) is 64.2 cm³/mol. The lowest BCUT2D eigenvalue weighted by atomic mass is 10.4. The van der Waals surface area contributed by atoms with Crippen LogP contribution in [0.1, 0.15) is 12.8 Å². The first-order chi connectivity index (χ1) is 6.43. The summed E-state index contributed by atoms with van der Waals surface area (Å²) in [7, 11) is 0. The minimum absolute atomic E-state index is 1.22.